The Morgan fingerprint density at radius 1 is 1.23 bits per heavy atom. The lowest BCUT2D eigenvalue weighted by Gasteiger charge is -2.32. The number of thiocarbonyl (C=S) groups is 1. The number of nitriles is 1. The van der Waals surface area contributed by atoms with E-state index in [-0.39, 0.29) is 10.8 Å². The van der Waals surface area contributed by atoms with E-state index in [2.05, 4.69) is 5.73 Å². The summed E-state index contributed by atoms with van der Waals surface area (Å²) in [6, 6.07) is 4.71. The summed E-state index contributed by atoms with van der Waals surface area (Å²) in [5.74, 6) is -0.416. The second-order valence-electron chi connectivity index (χ2n) is 6.78. The average Bonchev–Trinajstić information content (AvgIpc) is 2.94. The van der Waals surface area contributed by atoms with Crippen LogP contribution < -0.4 is 10.6 Å². The quantitative estimate of drug-likeness (QED) is 0.630. The largest absolute Gasteiger partial charge is 0.417 e. The zero-order valence-corrected chi connectivity index (χ0v) is 19.1. The molecule has 168 valence electrons. The Hall–Kier alpha value is -2.70. The number of carbonyl (C=O) groups excluding carboxylic acids is 1. The van der Waals surface area contributed by atoms with Gasteiger partial charge in [0.1, 0.15) is 5.54 Å². The molecule has 1 fully saturated rings. The van der Waals surface area contributed by atoms with Gasteiger partial charge < -0.3 is 10.6 Å². The van der Waals surface area contributed by atoms with Crippen LogP contribution in [0.2, 0.25) is 0 Å². The van der Waals surface area contributed by atoms with E-state index in [0.717, 1.165) is 29.2 Å². The normalized spacial score (nSPS) is 17.2. The van der Waals surface area contributed by atoms with Crippen molar-refractivity contribution >= 4 is 28.9 Å². The molecule has 1 aromatic rings. The van der Waals surface area contributed by atoms with Gasteiger partial charge in [0.2, 0.25) is 0 Å². The second kappa shape index (κ2) is 10.6. The molecule has 1 aliphatic carbocycles. The molecule has 0 atom stereocenters. The Kier molecular flexibility index (Phi) is 8.97. The van der Waals surface area contributed by atoms with Crippen molar-refractivity contribution in [1.29, 1.82) is 5.26 Å². The Balaban J connectivity index is 0.00000113. The average molecular weight is 453 g/mol. The summed E-state index contributed by atoms with van der Waals surface area (Å²) in [5.41, 5.74) is 2.72. The highest BCUT2D eigenvalue weighted by molar-refractivity contribution is 7.80. The fraction of sp³-hybridized carbons (Fsp3) is 0.409. The molecule has 31 heavy (non-hydrogen) atoms. The third-order valence-corrected chi connectivity index (χ3v) is 5.00. The topological polar surface area (TPSA) is 73.4 Å². The summed E-state index contributed by atoms with van der Waals surface area (Å²) in [6.07, 6.45) is 2.48. The van der Waals surface area contributed by atoms with Crippen molar-refractivity contribution in [2.45, 2.75) is 52.3 Å². The molecule has 0 bridgehead atoms. The van der Waals surface area contributed by atoms with Crippen molar-refractivity contribution in [1.82, 2.24) is 4.90 Å². The molecule has 1 amide bonds. The van der Waals surface area contributed by atoms with Gasteiger partial charge in [-0.25, -0.2) is 0 Å². The van der Waals surface area contributed by atoms with Crippen LogP contribution in [0.3, 0.4) is 0 Å². The number of halogens is 3. The molecule has 5 nitrogen and oxygen atoms in total. The second-order valence-corrected chi connectivity index (χ2v) is 7.15. The fourth-order valence-electron chi connectivity index (χ4n) is 3.28. The molecule has 0 spiro atoms. The lowest BCUT2D eigenvalue weighted by molar-refractivity contribution is -0.137. The van der Waals surface area contributed by atoms with Gasteiger partial charge in [-0.2, -0.15) is 18.4 Å². The summed E-state index contributed by atoms with van der Waals surface area (Å²) in [6.45, 7) is 7.38. The SMILES string of the molecule is CC.CC1(C)C(=O)N(c2ccc(C#N)c(C(F)(F)F)c2)C(=S)N1C1=CC=CCC1.CN. The number of nitrogens with two attached hydrogens (primary N) is 1. The van der Waals surface area contributed by atoms with Crippen molar-refractivity contribution < 1.29 is 18.0 Å². The van der Waals surface area contributed by atoms with Crippen LogP contribution in [0.5, 0.6) is 0 Å². The monoisotopic (exact) mass is 452 g/mol. The number of hydrogen-bond donors (Lipinski definition) is 1. The molecule has 1 aliphatic heterocycles. The number of nitrogens with zero attached hydrogens (tertiary/aromatic N) is 3. The van der Waals surface area contributed by atoms with E-state index in [9.17, 15) is 18.0 Å². The highest BCUT2D eigenvalue weighted by atomic mass is 32.1. The first-order valence-corrected chi connectivity index (χ1v) is 10.2. The van der Waals surface area contributed by atoms with Crippen LogP contribution in [0.25, 0.3) is 0 Å². The number of rotatable bonds is 2. The molecular formula is C22H27F3N4OS. The van der Waals surface area contributed by atoms with Crippen LogP contribution in [0.4, 0.5) is 18.9 Å². The molecule has 2 aliphatic rings. The molecule has 1 aromatic carbocycles. The molecule has 9 heteroatoms. The van der Waals surface area contributed by atoms with Gasteiger partial charge in [-0.05, 0) is 70.2 Å². The van der Waals surface area contributed by atoms with Gasteiger partial charge in [0, 0.05) is 5.70 Å². The molecular weight excluding hydrogens is 425 g/mol. The summed E-state index contributed by atoms with van der Waals surface area (Å²) >= 11 is 5.47. The van der Waals surface area contributed by atoms with Gasteiger partial charge in [0.05, 0.1) is 22.9 Å². The van der Waals surface area contributed by atoms with Crippen molar-refractivity contribution in [3.8, 4) is 6.07 Å². The first-order valence-electron chi connectivity index (χ1n) is 9.82. The van der Waals surface area contributed by atoms with Gasteiger partial charge >= 0.3 is 6.18 Å². The maximum atomic E-state index is 13.3. The van der Waals surface area contributed by atoms with E-state index >= 15 is 0 Å². The minimum absolute atomic E-state index is 0.00106. The van der Waals surface area contributed by atoms with Crippen LogP contribution in [-0.4, -0.2) is 28.5 Å². The zero-order chi connectivity index (χ0) is 24.0. The van der Waals surface area contributed by atoms with Gasteiger partial charge in [-0.3, -0.25) is 9.69 Å². The maximum absolute atomic E-state index is 13.3. The molecule has 0 saturated carbocycles. The van der Waals surface area contributed by atoms with Crippen molar-refractivity contribution in [3.05, 3.63) is 53.3 Å². The molecule has 0 radical (unpaired) electrons. The first-order chi connectivity index (χ1) is 14.6. The van der Waals surface area contributed by atoms with E-state index in [1.807, 2.05) is 32.1 Å². The Bertz CT molecular complexity index is 930. The number of hydrogen-bond acceptors (Lipinski definition) is 4. The third-order valence-electron chi connectivity index (χ3n) is 4.63. The van der Waals surface area contributed by atoms with Crippen LogP contribution in [0, 0.1) is 11.3 Å². The lowest BCUT2D eigenvalue weighted by Crippen LogP contribution is -2.43. The number of anilines is 1. The molecule has 3 rings (SSSR count). The number of alkyl halides is 3. The highest BCUT2D eigenvalue weighted by Crippen LogP contribution is 2.40. The number of carbonyl (C=O) groups is 1. The molecule has 0 unspecified atom stereocenters. The fourth-order valence-corrected chi connectivity index (χ4v) is 3.82. The van der Waals surface area contributed by atoms with Crippen LogP contribution >= 0.6 is 12.2 Å². The van der Waals surface area contributed by atoms with Crippen molar-refractivity contribution in [2.24, 2.45) is 5.73 Å². The van der Waals surface area contributed by atoms with E-state index in [1.54, 1.807) is 18.7 Å². The smallest absolute Gasteiger partial charge is 0.333 e. The van der Waals surface area contributed by atoms with Crippen molar-refractivity contribution in [2.75, 3.05) is 11.9 Å². The number of amides is 1. The molecule has 2 N–H and O–H groups in total. The van der Waals surface area contributed by atoms with Gasteiger partial charge in [-0.1, -0.05) is 26.0 Å². The van der Waals surface area contributed by atoms with Crippen LogP contribution in [0.15, 0.2) is 42.1 Å². The van der Waals surface area contributed by atoms with E-state index < -0.39 is 28.7 Å². The summed E-state index contributed by atoms with van der Waals surface area (Å²) in [5, 5.41) is 9.09. The van der Waals surface area contributed by atoms with Crippen molar-refractivity contribution in [3.63, 3.8) is 0 Å². The van der Waals surface area contributed by atoms with Gasteiger partial charge in [-0.15, -0.1) is 0 Å². The summed E-state index contributed by atoms with van der Waals surface area (Å²) in [4.78, 5) is 15.8. The minimum atomic E-state index is -4.71. The number of benzene rings is 1. The summed E-state index contributed by atoms with van der Waals surface area (Å²) < 4.78 is 39.9. The van der Waals surface area contributed by atoms with E-state index in [0.29, 0.717) is 6.42 Å². The predicted octanol–water partition coefficient (Wildman–Crippen LogP) is 5.12. The Morgan fingerprint density at radius 3 is 2.32 bits per heavy atom. The molecule has 0 aromatic heterocycles. The summed E-state index contributed by atoms with van der Waals surface area (Å²) in [7, 11) is 1.50. The van der Waals surface area contributed by atoms with Crippen LogP contribution in [0.1, 0.15) is 51.7 Å². The first kappa shape index (κ1) is 26.3. The Labute approximate surface area is 186 Å². The lowest BCUT2D eigenvalue weighted by atomic mass is 10.0. The predicted molar refractivity (Wildman–Crippen MR) is 120 cm³/mol. The standard InChI is InChI=1S/C19H16F3N3OS.C2H6.CH5N/c1-18(2)16(26)24(17(27)25(18)13-6-4-3-5-7-13)14-9-8-12(11-23)15(10-14)19(20,21)22;2*1-2/h3-4,6,8-10H,5,7H2,1-2H3;1-2H3;2H2,1H3. The third kappa shape index (κ3) is 5.14. The zero-order valence-electron chi connectivity index (χ0n) is 18.2. The molecule has 1 saturated heterocycles. The number of allylic oxidation sites excluding steroid dienone is 4. The van der Waals surface area contributed by atoms with E-state index in [4.69, 9.17) is 17.5 Å². The maximum Gasteiger partial charge on any atom is 0.417 e. The van der Waals surface area contributed by atoms with Gasteiger partial charge in [0.15, 0.2) is 5.11 Å². The Morgan fingerprint density at radius 2 is 1.84 bits per heavy atom. The van der Waals surface area contributed by atoms with Gasteiger partial charge in [0.25, 0.3) is 5.91 Å². The van der Waals surface area contributed by atoms with Crippen LogP contribution in [-0.2, 0) is 11.0 Å². The van der Waals surface area contributed by atoms with E-state index in [1.165, 1.54) is 19.2 Å². The highest BCUT2D eigenvalue weighted by Gasteiger charge is 2.51. The minimum Gasteiger partial charge on any atom is -0.333 e. The molecule has 1 heterocycles.